The molecule has 1 amide bonds. The van der Waals surface area contributed by atoms with E-state index in [0.29, 0.717) is 28.9 Å². The molecule has 1 saturated carbocycles. The summed E-state index contributed by atoms with van der Waals surface area (Å²) in [4.78, 5) is 31.6. The third kappa shape index (κ3) is 3.17. The average molecular weight is 476 g/mol. The predicted octanol–water partition coefficient (Wildman–Crippen LogP) is 3.43. The topological polar surface area (TPSA) is 124 Å². The maximum absolute atomic E-state index is 14.2. The summed E-state index contributed by atoms with van der Waals surface area (Å²) in [5.41, 5.74) is 7.78. The van der Waals surface area contributed by atoms with Crippen molar-refractivity contribution in [3.05, 3.63) is 59.2 Å². The standard InChI is InChI=1S/C24H22F2N8O/c1-2-3-4-16-22-28-11-29-34(22)10-17(30-16)20-31-19(27)18-21(32-20)33-23(35)24(18,12-5-6-12)13-7-8-14(25)15(26)9-13/h7-12H,2-6H2,1H3,(H3,27,31,32,33,35). The lowest BCUT2D eigenvalue weighted by molar-refractivity contribution is -0.120. The van der Waals surface area contributed by atoms with Gasteiger partial charge in [0.15, 0.2) is 23.1 Å². The molecule has 1 atom stereocenters. The Morgan fingerprint density at radius 2 is 2.03 bits per heavy atom. The van der Waals surface area contributed by atoms with Gasteiger partial charge in [-0.3, -0.25) is 4.79 Å². The summed E-state index contributed by atoms with van der Waals surface area (Å²) in [5, 5.41) is 7.06. The van der Waals surface area contributed by atoms with Gasteiger partial charge in [0.1, 0.15) is 29.1 Å². The van der Waals surface area contributed by atoms with Gasteiger partial charge in [-0.25, -0.2) is 33.2 Å². The Labute approximate surface area is 198 Å². The number of amides is 1. The van der Waals surface area contributed by atoms with Crippen molar-refractivity contribution < 1.29 is 13.6 Å². The van der Waals surface area contributed by atoms with Crippen molar-refractivity contribution >= 4 is 23.2 Å². The van der Waals surface area contributed by atoms with Gasteiger partial charge in [-0.1, -0.05) is 19.4 Å². The molecule has 1 aliphatic carbocycles. The third-order valence-electron chi connectivity index (χ3n) is 6.81. The second-order valence-electron chi connectivity index (χ2n) is 9.03. The van der Waals surface area contributed by atoms with Crippen molar-refractivity contribution in [1.29, 1.82) is 0 Å². The van der Waals surface area contributed by atoms with Crippen LogP contribution in [-0.2, 0) is 16.6 Å². The van der Waals surface area contributed by atoms with Gasteiger partial charge < -0.3 is 11.1 Å². The zero-order valence-corrected chi connectivity index (χ0v) is 18.9. The zero-order chi connectivity index (χ0) is 24.3. The number of nitrogens with two attached hydrogens (primary N) is 1. The number of nitrogens with zero attached hydrogens (tertiary/aromatic N) is 6. The Balaban J connectivity index is 1.51. The highest BCUT2D eigenvalue weighted by molar-refractivity contribution is 6.10. The lowest BCUT2D eigenvalue weighted by Gasteiger charge is -2.28. The number of hydrogen-bond donors (Lipinski definition) is 2. The number of halogens is 2. The lowest BCUT2D eigenvalue weighted by Crippen LogP contribution is -2.38. The highest BCUT2D eigenvalue weighted by atomic mass is 19.2. The number of carbonyl (C=O) groups is 1. The normalized spacial score (nSPS) is 19.2. The number of aromatic nitrogens is 6. The zero-order valence-electron chi connectivity index (χ0n) is 18.9. The summed E-state index contributed by atoms with van der Waals surface area (Å²) >= 11 is 0. The molecule has 1 aromatic carbocycles. The number of fused-ring (bicyclic) bond motifs is 2. The Kier molecular flexibility index (Phi) is 4.77. The molecule has 1 fully saturated rings. The molecule has 1 aliphatic heterocycles. The lowest BCUT2D eigenvalue weighted by atomic mass is 9.71. The van der Waals surface area contributed by atoms with E-state index in [1.54, 1.807) is 10.7 Å². The fraction of sp³-hybridized carbons (Fsp3) is 0.333. The number of carbonyl (C=O) groups excluding carboxylic acids is 1. The Bertz CT molecular complexity index is 1500. The number of hydrogen-bond acceptors (Lipinski definition) is 7. The number of aryl methyl sites for hydroxylation is 1. The molecule has 0 bridgehead atoms. The number of anilines is 2. The van der Waals surface area contributed by atoms with Crippen molar-refractivity contribution in [3.8, 4) is 11.5 Å². The molecule has 0 spiro atoms. The van der Waals surface area contributed by atoms with Gasteiger partial charge >= 0.3 is 0 Å². The monoisotopic (exact) mass is 476 g/mol. The van der Waals surface area contributed by atoms with Gasteiger partial charge in [-0.2, -0.15) is 5.10 Å². The Morgan fingerprint density at radius 1 is 1.20 bits per heavy atom. The first-order chi connectivity index (χ1) is 16.9. The average Bonchev–Trinajstić information content (AvgIpc) is 3.49. The summed E-state index contributed by atoms with van der Waals surface area (Å²) in [6.07, 6.45) is 7.26. The number of unbranched alkanes of at least 4 members (excludes halogenated alkanes) is 1. The van der Waals surface area contributed by atoms with E-state index in [1.807, 2.05) is 0 Å². The van der Waals surface area contributed by atoms with E-state index < -0.39 is 17.0 Å². The Morgan fingerprint density at radius 3 is 2.77 bits per heavy atom. The van der Waals surface area contributed by atoms with Crippen molar-refractivity contribution in [2.24, 2.45) is 5.92 Å². The molecule has 178 valence electrons. The smallest absolute Gasteiger partial charge is 0.241 e. The molecule has 4 aromatic rings. The van der Waals surface area contributed by atoms with E-state index in [1.165, 1.54) is 12.4 Å². The summed E-state index contributed by atoms with van der Waals surface area (Å²) in [6, 6.07) is 3.52. The molecule has 0 saturated heterocycles. The minimum atomic E-state index is -1.28. The van der Waals surface area contributed by atoms with Crippen LogP contribution in [0.1, 0.15) is 49.4 Å². The number of benzene rings is 1. The van der Waals surface area contributed by atoms with Gasteiger partial charge in [0, 0.05) is 0 Å². The molecule has 3 N–H and O–H groups in total. The first-order valence-corrected chi connectivity index (χ1v) is 11.6. The number of rotatable bonds is 6. The van der Waals surface area contributed by atoms with Crippen LogP contribution in [-0.4, -0.2) is 35.5 Å². The maximum atomic E-state index is 14.2. The molecule has 1 unspecified atom stereocenters. The van der Waals surface area contributed by atoms with E-state index in [0.717, 1.165) is 43.5 Å². The van der Waals surface area contributed by atoms with Crippen molar-refractivity contribution in [2.75, 3.05) is 11.1 Å². The van der Waals surface area contributed by atoms with E-state index in [4.69, 9.17) is 10.7 Å². The summed E-state index contributed by atoms with van der Waals surface area (Å²) in [7, 11) is 0. The van der Waals surface area contributed by atoms with Crippen LogP contribution < -0.4 is 11.1 Å². The van der Waals surface area contributed by atoms with Crippen LogP contribution >= 0.6 is 0 Å². The van der Waals surface area contributed by atoms with Crippen molar-refractivity contribution in [2.45, 2.75) is 44.4 Å². The van der Waals surface area contributed by atoms with E-state index in [-0.39, 0.29) is 29.3 Å². The highest BCUT2D eigenvalue weighted by Crippen LogP contribution is 2.57. The van der Waals surface area contributed by atoms with Crippen LogP contribution in [0.3, 0.4) is 0 Å². The summed E-state index contributed by atoms with van der Waals surface area (Å²) in [6.45, 7) is 2.09. The van der Waals surface area contributed by atoms with Crippen LogP contribution in [0.25, 0.3) is 17.2 Å². The van der Waals surface area contributed by atoms with Gasteiger partial charge in [-0.15, -0.1) is 0 Å². The number of nitrogens with one attached hydrogen (secondary N) is 1. The van der Waals surface area contributed by atoms with Crippen molar-refractivity contribution in [1.82, 2.24) is 29.5 Å². The van der Waals surface area contributed by atoms with Gasteiger partial charge in [0.2, 0.25) is 5.91 Å². The summed E-state index contributed by atoms with van der Waals surface area (Å²) < 4.78 is 29.5. The predicted molar refractivity (Wildman–Crippen MR) is 123 cm³/mol. The largest absolute Gasteiger partial charge is 0.383 e. The SMILES string of the molecule is CCCCc1nc(-c2nc(N)c3c(n2)NC(=O)C3(c2ccc(F)c(F)c2)C2CC2)cn2ncnc12. The molecule has 6 rings (SSSR count). The molecule has 11 heteroatoms. The van der Waals surface area contributed by atoms with Crippen LogP contribution in [0.15, 0.2) is 30.7 Å². The van der Waals surface area contributed by atoms with E-state index in [9.17, 15) is 13.6 Å². The van der Waals surface area contributed by atoms with Crippen LogP contribution in [0.5, 0.6) is 0 Å². The van der Waals surface area contributed by atoms with E-state index >= 15 is 0 Å². The highest BCUT2D eigenvalue weighted by Gasteiger charge is 2.59. The molecular formula is C24H22F2N8O. The quantitative estimate of drug-likeness (QED) is 0.437. The second-order valence-corrected chi connectivity index (χ2v) is 9.03. The molecule has 9 nitrogen and oxygen atoms in total. The molecule has 3 aromatic heterocycles. The first kappa shape index (κ1) is 21.5. The summed E-state index contributed by atoms with van der Waals surface area (Å²) in [5.74, 6) is -1.91. The molecular weight excluding hydrogens is 454 g/mol. The maximum Gasteiger partial charge on any atom is 0.241 e. The fourth-order valence-electron chi connectivity index (χ4n) is 5.06. The van der Waals surface area contributed by atoms with Crippen LogP contribution in [0, 0.1) is 17.6 Å². The molecule has 35 heavy (non-hydrogen) atoms. The molecule has 2 aliphatic rings. The number of nitrogen functional groups attached to an aromatic ring is 1. The molecule has 4 heterocycles. The van der Waals surface area contributed by atoms with Gasteiger partial charge in [0.05, 0.1) is 17.5 Å². The second kappa shape index (κ2) is 7.76. The van der Waals surface area contributed by atoms with E-state index in [2.05, 4.69) is 32.3 Å². The first-order valence-electron chi connectivity index (χ1n) is 11.6. The third-order valence-corrected chi connectivity index (χ3v) is 6.81. The van der Waals surface area contributed by atoms with Gasteiger partial charge in [-0.05, 0) is 49.3 Å². The van der Waals surface area contributed by atoms with Gasteiger partial charge in [0.25, 0.3) is 0 Å². The van der Waals surface area contributed by atoms with Crippen LogP contribution in [0.2, 0.25) is 0 Å². The molecule has 0 radical (unpaired) electrons. The van der Waals surface area contributed by atoms with Crippen molar-refractivity contribution in [3.63, 3.8) is 0 Å². The Hall–Kier alpha value is -4.02. The minimum Gasteiger partial charge on any atom is -0.383 e. The fourth-order valence-corrected chi connectivity index (χ4v) is 5.06. The van der Waals surface area contributed by atoms with Crippen LogP contribution in [0.4, 0.5) is 20.4 Å². The minimum absolute atomic E-state index is 0.0931.